The molecule has 0 aromatic carbocycles. The van der Waals surface area contributed by atoms with E-state index in [1.54, 1.807) is 7.05 Å². The minimum Gasteiger partial charge on any atom is -0.381 e. The Morgan fingerprint density at radius 1 is 1.32 bits per heavy atom. The van der Waals surface area contributed by atoms with Crippen LogP contribution in [0.5, 0.6) is 0 Å². The second-order valence-corrected chi connectivity index (χ2v) is 7.83. The van der Waals surface area contributed by atoms with Gasteiger partial charge in [0, 0.05) is 45.5 Å². The molecule has 0 spiro atoms. The molecule has 0 aliphatic carbocycles. The smallest absolute Gasteiger partial charge is 0.190 e. The van der Waals surface area contributed by atoms with E-state index in [0.717, 1.165) is 39.2 Å². The van der Waals surface area contributed by atoms with Crippen LogP contribution in [-0.4, -0.2) is 73.0 Å². The highest BCUT2D eigenvalue weighted by Gasteiger charge is 2.15. The van der Waals surface area contributed by atoms with Gasteiger partial charge in [-0.1, -0.05) is 0 Å². The highest BCUT2D eigenvalue weighted by atomic mass is 32.2. The Labute approximate surface area is 133 Å². The summed E-state index contributed by atoms with van der Waals surface area (Å²) in [5.41, 5.74) is 0. The molecule has 1 aliphatic heterocycles. The summed E-state index contributed by atoms with van der Waals surface area (Å²) in [6.07, 6.45) is 3.82. The van der Waals surface area contributed by atoms with Crippen LogP contribution < -0.4 is 10.6 Å². The zero-order chi connectivity index (χ0) is 16.3. The van der Waals surface area contributed by atoms with Crippen molar-refractivity contribution in [3.05, 3.63) is 0 Å². The molecule has 0 amide bonds. The van der Waals surface area contributed by atoms with Crippen molar-refractivity contribution in [3.63, 3.8) is 0 Å². The van der Waals surface area contributed by atoms with Gasteiger partial charge in [-0.15, -0.1) is 0 Å². The lowest BCUT2D eigenvalue weighted by Crippen LogP contribution is -2.38. The normalized spacial score (nSPS) is 19.4. The fraction of sp³-hybridized carbons (Fsp3) is 0.929. The van der Waals surface area contributed by atoms with E-state index in [-0.39, 0.29) is 5.75 Å². The lowest BCUT2D eigenvalue weighted by atomic mass is 10.1. The number of guanidine groups is 1. The number of hydrogen-bond acceptors (Lipinski definition) is 5. The van der Waals surface area contributed by atoms with Gasteiger partial charge < -0.3 is 20.1 Å². The van der Waals surface area contributed by atoms with E-state index >= 15 is 0 Å². The van der Waals surface area contributed by atoms with E-state index in [1.807, 2.05) is 0 Å². The van der Waals surface area contributed by atoms with E-state index in [0.29, 0.717) is 31.4 Å². The summed E-state index contributed by atoms with van der Waals surface area (Å²) in [5.74, 6) is 1.44. The average Bonchev–Trinajstić information content (AvgIpc) is 2.97. The largest absolute Gasteiger partial charge is 0.381 e. The molecule has 1 saturated heterocycles. The number of sulfone groups is 1. The van der Waals surface area contributed by atoms with Gasteiger partial charge in [-0.25, -0.2) is 8.42 Å². The van der Waals surface area contributed by atoms with Crippen LogP contribution in [0.25, 0.3) is 0 Å². The van der Waals surface area contributed by atoms with Gasteiger partial charge in [0.1, 0.15) is 9.84 Å². The highest BCUT2D eigenvalue weighted by Crippen LogP contribution is 2.12. The van der Waals surface area contributed by atoms with Crippen LogP contribution in [0.2, 0.25) is 0 Å². The van der Waals surface area contributed by atoms with Gasteiger partial charge in [-0.05, 0) is 19.3 Å². The third-order valence-corrected chi connectivity index (χ3v) is 4.37. The van der Waals surface area contributed by atoms with E-state index in [9.17, 15) is 8.42 Å². The van der Waals surface area contributed by atoms with Gasteiger partial charge >= 0.3 is 0 Å². The number of rotatable bonds is 10. The summed E-state index contributed by atoms with van der Waals surface area (Å²) in [4.78, 5) is 4.09. The fourth-order valence-corrected chi connectivity index (χ4v) is 2.78. The van der Waals surface area contributed by atoms with Crippen molar-refractivity contribution in [3.8, 4) is 0 Å². The molecule has 130 valence electrons. The van der Waals surface area contributed by atoms with Crippen molar-refractivity contribution >= 4 is 15.8 Å². The molecule has 8 heteroatoms. The highest BCUT2D eigenvalue weighted by molar-refractivity contribution is 7.90. The SMILES string of the molecule is CN=C(NCCCOCC1CCOC1)NCCCS(C)(=O)=O. The van der Waals surface area contributed by atoms with E-state index < -0.39 is 9.84 Å². The monoisotopic (exact) mass is 335 g/mol. The van der Waals surface area contributed by atoms with Gasteiger partial charge in [0.15, 0.2) is 5.96 Å². The molecular formula is C14H29N3O4S. The van der Waals surface area contributed by atoms with Crippen LogP contribution in [0.3, 0.4) is 0 Å². The van der Waals surface area contributed by atoms with Gasteiger partial charge in [0.25, 0.3) is 0 Å². The molecule has 0 radical (unpaired) electrons. The molecule has 1 atom stereocenters. The molecule has 22 heavy (non-hydrogen) atoms. The molecule has 0 aromatic heterocycles. The molecular weight excluding hydrogens is 306 g/mol. The molecule has 7 nitrogen and oxygen atoms in total. The van der Waals surface area contributed by atoms with Crippen molar-refractivity contribution in [1.29, 1.82) is 0 Å². The summed E-state index contributed by atoms with van der Waals surface area (Å²) in [7, 11) is -1.19. The minimum absolute atomic E-state index is 0.190. The van der Waals surface area contributed by atoms with Crippen molar-refractivity contribution in [1.82, 2.24) is 10.6 Å². The van der Waals surface area contributed by atoms with Crippen molar-refractivity contribution in [2.45, 2.75) is 19.3 Å². The molecule has 2 N–H and O–H groups in total. The second-order valence-electron chi connectivity index (χ2n) is 5.57. The Hall–Kier alpha value is -0.860. The zero-order valence-electron chi connectivity index (χ0n) is 13.6. The summed E-state index contributed by atoms with van der Waals surface area (Å²) < 4.78 is 33.0. The Balaban J connectivity index is 1.96. The lowest BCUT2D eigenvalue weighted by Gasteiger charge is -2.12. The van der Waals surface area contributed by atoms with E-state index in [1.165, 1.54) is 6.26 Å². The fourth-order valence-electron chi connectivity index (χ4n) is 2.11. The van der Waals surface area contributed by atoms with Crippen molar-refractivity contribution in [2.75, 3.05) is 58.6 Å². The van der Waals surface area contributed by atoms with Crippen molar-refractivity contribution < 1.29 is 17.9 Å². The second kappa shape index (κ2) is 10.8. The Morgan fingerprint density at radius 3 is 2.64 bits per heavy atom. The maximum Gasteiger partial charge on any atom is 0.190 e. The number of nitrogens with zero attached hydrogens (tertiary/aromatic N) is 1. The maximum atomic E-state index is 11.0. The standard InChI is InChI=1S/C14H29N3O4S/c1-15-14(17-7-4-10-22(2,18)19)16-6-3-8-20-11-13-5-9-21-12-13/h13H,3-12H2,1-2H3,(H2,15,16,17). The van der Waals surface area contributed by atoms with Crippen LogP contribution in [0.4, 0.5) is 0 Å². The van der Waals surface area contributed by atoms with Gasteiger partial charge in [0.05, 0.1) is 19.0 Å². The van der Waals surface area contributed by atoms with E-state index in [2.05, 4.69) is 15.6 Å². The number of ether oxygens (including phenoxy) is 2. The number of aliphatic imine (C=N–C) groups is 1. The van der Waals surface area contributed by atoms with Crippen LogP contribution in [0, 0.1) is 5.92 Å². The van der Waals surface area contributed by atoms with E-state index in [4.69, 9.17) is 9.47 Å². The Morgan fingerprint density at radius 2 is 2.05 bits per heavy atom. The summed E-state index contributed by atoms with van der Waals surface area (Å²) >= 11 is 0. The molecule has 1 aliphatic rings. The van der Waals surface area contributed by atoms with Gasteiger partial charge in [-0.2, -0.15) is 0 Å². The Kier molecular flexibility index (Phi) is 9.42. The first-order valence-corrected chi connectivity index (χ1v) is 9.85. The maximum absolute atomic E-state index is 11.0. The van der Waals surface area contributed by atoms with Crippen LogP contribution in [0.1, 0.15) is 19.3 Å². The molecule has 1 heterocycles. The summed E-state index contributed by atoms with van der Waals surface area (Å²) in [6.45, 7) is 4.53. The topological polar surface area (TPSA) is 89.0 Å². The predicted octanol–water partition coefficient (Wildman–Crippen LogP) is 0.0293. The number of hydrogen-bond donors (Lipinski definition) is 2. The van der Waals surface area contributed by atoms with Crippen molar-refractivity contribution in [2.24, 2.45) is 10.9 Å². The molecule has 1 unspecified atom stereocenters. The first kappa shape index (κ1) is 19.2. The zero-order valence-corrected chi connectivity index (χ0v) is 14.5. The average molecular weight is 335 g/mol. The minimum atomic E-state index is -2.89. The summed E-state index contributed by atoms with van der Waals surface area (Å²) in [6, 6.07) is 0. The lowest BCUT2D eigenvalue weighted by molar-refractivity contribution is 0.0888. The van der Waals surface area contributed by atoms with Crippen LogP contribution in [0.15, 0.2) is 4.99 Å². The number of nitrogens with one attached hydrogen (secondary N) is 2. The third kappa shape index (κ3) is 9.97. The van der Waals surface area contributed by atoms with Crippen LogP contribution in [-0.2, 0) is 19.3 Å². The molecule has 0 aromatic rings. The van der Waals surface area contributed by atoms with Gasteiger partial charge in [-0.3, -0.25) is 4.99 Å². The first-order chi connectivity index (χ1) is 10.5. The Bertz CT molecular complexity index is 420. The molecule has 0 bridgehead atoms. The molecule has 0 saturated carbocycles. The first-order valence-electron chi connectivity index (χ1n) is 7.79. The molecule has 1 fully saturated rings. The summed E-state index contributed by atoms with van der Waals surface area (Å²) in [5, 5.41) is 6.28. The predicted molar refractivity (Wildman–Crippen MR) is 88.1 cm³/mol. The molecule has 1 rings (SSSR count). The van der Waals surface area contributed by atoms with Gasteiger partial charge in [0.2, 0.25) is 0 Å². The quantitative estimate of drug-likeness (QED) is 0.333. The third-order valence-electron chi connectivity index (χ3n) is 3.34. The van der Waals surface area contributed by atoms with Crippen LogP contribution >= 0.6 is 0 Å².